The van der Waals surface area contributed by atoms with Crippen LogP contribution in [-0.4, -0.2) is 43.1 Å². The van der Waals surface area contributed by atoms with Crippen molar-refractivity contribution in [2.24, 2.45) is 5.92 Å². The number of anilines is 1. The third-order valence-electron chi connectivity index (χ3n) is 6.68. The number of carbonyl (C=O) groups is 1. The van der Waals surface area contributed by atoms with Gasteiger partial charge in [0.05, 0.1) is 28.9 Å². The molecular weight excluding hydrogens is 386 g/mol. The van der Waals surface area contributed by atoms with Crippen molar-refractivity contribution in [3.63, 3.8) is 0 Å². The Morgan fingerprint density at radius 3 is 2.59 bits per heavy atom. The van der Waals surface area contributed by atoms with E-state index < -0.39 is 0 Å². The van der Waals surface area contributed by atoms with Crippen molar-refractivity contribution in [3.05, 3.63) is 22.7 Å². The number of nitrogens with zero attached hydrogens (tertiary/aromatic N) is 1. The van der Waals surface area contributed by atoms with Crippen molar-refractivity contribution in [2.75, 3.05) is 32.5 Å². The number of methoxy groups -OCH3 is 1. The lowest BCUT2D eigenvalue weighted by Gasteiger charge is -2.44. The Morgan fingerprint density at radius 2 is 1.97 bits per heavy atom. The molecule has 1 saturated heterocycles. The van der Waals surface area contributed by atoms with Crippen LogP contribution in [0.15, 0.2) is 12.1 Å². The Hall–Kier alpha value is -1.46. The van der Waals surface area contributed by atoms with Crippen LogP contribution in [0.2, 0.25) is 5.02 Å². The molecule has 0 atom stereocenters. The average molecular weight is 422 g/mol. The van der Waals surface area contributed by atoms with Gasteiger partial charge in [0.1, 0.15) is 5.75 Å². The molecule has 29 heavy (non-hydrogen) atoms. The lowest BCUT2D eigenvalue weighted by molar-refractivity contribution is 0.0747. The highest BCUT2D eigenvalue weighted by Gasteiger charge is 2.37. The summed E-state index contributed by atoms with van der Waals surface area (Å²) >= 11 is 6.19. The van der Waals surface area contributed by atoms with E-state index in [2.05, 4.69) is 17.1 Å². The minimum Gasteiger partial charge on any atom is -0.496 e. The fourth-order valence-corrected chi connectivity index (χ4v) is 5.21. The van der Waals surface area contributed by atoms with E-state index in [-0.39, 0.29) is 11.4 Å². The van der Waals surface area contributed by atoms with Crippen LogP contribution in [0, 0.1) is 5.92 Å². The van der Waals surface area contributed by atoms with Crippen LogP contribution in [0.25, 0.3) is 0 Å². The van der Waals surface area contributed by atoms with Crippen molar-refractivity contribution in [3.8, 4) is 5.75 Å². The van der Waals surface area contributed by atoms with Gasteiger partial charge in [-0.2, -0.15) is 0 Å². The van der Waals surface area contributed by atoms with Crippen molar-refractivity contribution < 1.29 is 9.53 Å². The molecule has 0 spiro atoms. The SMILES string of the molecule is CCCC1CCN(CC2(NC(=O)c3cc(Cl)c(N)cc3OC)CCCCC2)CC1. The van der Waals surface area contributed by atoms with Gasteiger partial charge in [0.2, 0.25) is 0 Å². The van der Waals surface area contributed by atoms with Crippen molar-refractivity contribution in [1.82, 2.24) is 10.2 Å². The number of piperidine rings is 1. The molecule has 1 amide bonds. The van der Waals surface area contributed by atoms with Crippen molar-refractivity contribution in [1.29, 1.82) is 0 Å². The zero-order valence-corrected chi connectivity index (χ0v) is 18.7. The van der Waals surface area contributed by atoms with Crippen LogP contribution in [-0.2, 0) is 0 Å². The van der Waals surface area contributed by atoms with E-state index in [1.165, 1.54) is 32.1 Å². The first-order chi connectivity index (χ1) is 14.0. The molecule has 0 aromatic heterocycles. The molecule has 6 heteroatoms. The first-order valence-electron chi connectivity index (χ1n) is 11.1. The highest BCUT2D eigenvalue weighted by atomic mass is 35.5. The summed E-state index contributed by atoms with van der Waals surface area (Å²) in [5, 5.41) is 3.77. The predicted molar refractivity (Wildman–Crippen MR) is 120 cm³/mol. The van der Waals surface area contributed by atoms with Crippen LogP contribution in [0.5, 0.6) is 5.75 Å². The third-order valence-corrected chi connectivity index (χ3v) is 7.01. The van der Waals surface area contributed by atoms with E-state index in [0.29, 0.717) is 22.0 Å². The first kappa shape index (κ1) is 22.2. The van der Waals surface area contributed by atoms with E-state index in [0.717, 1.165) is 51.2 Å². The maximum absolute atomic E-state index is 13.2. The Balaban J connectivity index is 1.72. The molecule has 1 aromatic carbocycles. The summed E-state index contributed by atoms with van der Waals surface area (Å²) in [7, 11) is 1.55. The standard InChI is InChI=1S/C23H36ClN3O2/c1-3-7-17-8-12-27(13-9-17)16-23(10-5-4-6-11-23)26-22(28)18-14-19(24)20(25)15-21(18)29-2/h14-15,17H,3-13,16,25H2,1-2H3,(H,26,28). The number of benzene rings is 1. The van der Waals surface area contributed by atoms with Gasteiger partial charge in [-0.3, -0.25) is 4.79 Å². The summed E-state index contributed by atoms with van der Waals surface area (Å²) in [4.78, 5) is 15.8. The molecule has 1 saturated carbocycles. The molecule has 162 valence electrons. The zero-order valence-electron chi connectivity index (χ0n) is 17.9. The molecule has 1 heterocycles. The number of likely N-dealkylation sites (tertiary alicyclic amines) is 1. The average Bonchev–Trinajstić information content (AvgIpc) is 2.72. The summed E-state index contributed by atoms with van der Waals surface area (Å²) in [6.07, 6.45) is 10.8. The van der Waals surface area contributed by atoms with Gasteiger partial charge in [-0.25, -0.2) is 0 Å². The topological polar surface area (TPSA) is 67.6 Å². The van der Waals surface area contributed by atoms with Gasteiger partial charge >= 0.3 is 0 Å². The van der Waals surface area contributed by atoms with E-state index in [1.54, 1.807) is 19.2 Å². The molecular formula is C23H36ClN3O2. The van der Waals surface area contributed by atoms with Gasteiger partial charge < -0.3 is 20.7 Å². The second-order valence-electron chi connectivity index (χ2n) is 8.88. The summed E-state index contributed by atoms with van der Waals surface area (Å²) in [5.74, 6) is 1.22. The van der Waals surface area contributed by atoms with Gasteiger partial charge in [0, 0.05) is 12.6 Å². The lowest BCUT2D eigenvalue weighted by atomic mass is 9.80. The van der Waals surface area contributed by atoms with Gasteiger partial charge in [0.15, 0.2) is 0 Å². The summed E-state index contributed by atoms with van der Waals surface area (Å²) < 4.78 is 5.40. The zero-order chi connectivity index (χ0) is 20.9. The van der Waals surface area contributed by atoms with Crippen LogP contribution in [0.3, 0.4) is 0 Å². The van der Waals surface area contributed by atoms with Crippen LogP contribution in [0.1, 0.15) is 75.1 Å². The maximum Gasteiger partial charge on any atom is 0.255 e. The molecule has 0 bridgehead atoms. The number of rotatable bonds is 7. The van der Waals surface area contributed by atoms with E-state index in [1.807, 2.05) is 0 Å². The van der Waals surface area contributed by atoms with Crippen molar-refractivity contribution >= 4 is 23.2 Å². The van der Waals surface area contributed by atoms with Gasteiger partial charge in [-0.15, -0.1) is 0 Å². The monoisotopic (exact) mass is 421 g/mol. The maximum atomic E-state index is 13.2. The Kier molecular flexibility index (Phi) is 7.69. The molecule has 1 aliphatic heterocycles. The predicted octanol–water partition coefficient (Wildman–Crippen LogP) is 4.88. The fraction of sp³-hybridized carbons (Fsp3) is 0.696. The highest BCUT2D eigenvalue weighted by Crippen LogP contribution is 2.33. The highest BCUT2D eigenvalue weighted by molar-refractivity contribution is 6.33. The lowest BCUT2D eigenvalue weighted by Crippen LogP contribution is -2.57. The minimum atomic E-state index is -0.175. The van der Waals surface area contributed by atoms with E-state index >= 15 is 0 Å². The molecule has 3 N–H and O–H groups in total. The number of halogens is 1. The Labute approximate surface area is 180 Å². The first-order valence-corrected chi connectivity index (χ1v) is 11.5. The molecule has 2 fully saturated rings. The molecule has 2 aliphatic rings. The number of nitrogens with two attached hydrogens (primary N) is 1. The van der Waals surface area contributed by atoms with E-state index in [4.69, 9.17) is 22.1 Å². The van der Waals surface area contributed by atoms with Gasteiger partial charge in [-0.05, 0) is 50.8 Å². The Morgan fingerprint density at radius 1 is 1.28 bits per heavy atom. The number of hydrogen-bond acceptors (Lipinski definition) is 4. The molecule has 3 rings (SSSR count). The van der Waals surface area contributed by atoms with Crippen LogP contribution >= 0.6 is 11.6 Å². The number of hydrogen-bond donors (Lipinski definition) is 2. The van der Waals surface area contributed by atoms with E-state index in [9.17, 15) is 4.79 Å². The smallest absolute Gasteiger partial charge is 0.255 e. The molecule has 1 aromatic rings. The number of nitrogens with one attached hydrogen (secondary N) is 1. The quantitative estimate of drug-likeness (QED) is 0.616. The largest absolute Gasteiger partial charge is 0.496 e. The molecule has 0 unspecified atom stereocenters. The summed E-state index contributed by atoms with van der Waals surface area (Å²) in [6.45, 7) is 5.48. The summed E-state index contributed by atoms with van der Waals surface area (Å²) in [5.41, 5.74) is 6.58. The Bertz CT molecular complexity index is 696. The number of carbonyl (C=O) groups excluding carboxylic acids is 1. The number of nitrogen functional groups attached to an aromatic ring is 1. The summed E-state index contributed by atoms with van der Waals surface area (Å²) in [6, 6.07) is 3.25. The van der Waals surface area contributed by atoms with Crippen LogP contribution < -0.4 is 15.8 Å². The van der Waals surface area contributed by atoms with Crippen molar-refractivity contribution in [2.45, 2.75) is 70.3 Å². The van der Waals surface area contributed by atoms with Gasteiger partial charge in [-0.1, -0.05) is 50.6 Å². The van der Waals surface area contributed by atoms with Gasteiger partial charge in [0.25, 0.3) is 5.91 Å². The molecule has 1 aliphatic carbocycles. The molecule has 0 radical (unpaired) electrons. The molecule has 5 nitrogen and oxygen atoms in total. The van der Waals surface area contributed by atoms with Crippen LogP contribution in [0.4, 0.5) is 5.69 Å². The number of ether oxygens (including phenoxy) is 1. The fourth-order valence-electron chi connectivity index (χ4n) is 5.04. The second-order valence-corrected chi connectivity index (χ2v) is 9.28. The third kappa shape index (κ3) is 5.58. The second kappa shape index (κ2) is 10.0. The minimum absolute atomic E-state index is 0.119. The normalized spacial score (nSPS) is 20.4. The number of amides is 1.